The zero-order chi connectivity index (χ0) is 26.5. The summed E-state index contributed by atoms with van der Waals surface area (Å²) in [6.07, 6.45) is 10.7. The molecule has 4 aromatic rings. The predicted molar refractivity (Wildman–Crippen MR) is 146 cm³/mol. The summed E-state index contributed by atoms with van der Waals surface area (Å²) in [5.74, 6) is 1.42. The van der Waals surface area contributed by atoms with Crippen LogP contribution in [-0.4, -0.2) is 51.6 Å². The van der Waals surface area contributed by atoms with Crippen molar-refractivity contribution in [3.63, 3.8) is 0 Å². The van der Waals surface area contributed by atoms with Gasteiger partial charge in [0.25, 0.3) is 0 Å². The fourth-order valence-electron chi connectivity index (χ4n) is 4.52. The van der Waals surface area contributed by atoms with Crippen LogP contribution in [0.5, 0.6) is 11.5 Å². The standard InChI is InChI=1S/C29H33N5O4/c1-37-24-12-23(13-25(15-24)38-2)34(18-20-7-8-20)22-9-10-26-27(14-22)32-28(17-30-26)21-16-31-33(19-21)11-5-3-4-6-29(35)36/h9-10,12-17,19-20H,3-8,11,18H2,1-2H3,(H,35,36). The van der Waals surface area contributed by atoms with Gasteiger partial charge in [-0.2, -0.15) is 5.10 Å². The highest BCUT2D eigenvalue weighted by atomic mass is 16.5. The lowest BCUT2D eigenvalue weighted by atomic mass is 10.1. The summed E-state index contributed by atoms with van der Waals surface area (Å²) < 4.78 is 12.9. The molecule has 1 aliphatic carbocycles. The maximum absolute atomic E-state index is 10.7. The number of aliphatic carboxylic acids is 1. The summed E-state index contributed by atoms with van der Waals surface area (Å²) in [6.45, 7) is 1.65. The third-order valence-electron chi connectivity index (χ3n) is 6.83. The van der Waals surface area contributed by atoms with Crippen LogP contribution in [0.3, 0.4) is 0 Å². The molecule has 0 radical (unpaired) electrons. The largest absolute Gasteiger partial charge is 0.497 e. The molecule has 0 saturated heterocycles. The van der Waals surface area contributed by atoms with E-state index >= 15 is 0 Å². The number of ether oxygens (including phenoxy) is 2. The number of fused-ring (bicyclic) bond motifs is 1. The van der Waals surface area contributed by atoms with E-state index in [0.29, 0.717) is 12.3 Å². The second-order valence-electron chi connectivity index (χ2n) is 9.75. The van der Waals surface area contributed by atoms with Crippen molar-refractivity contribution >= 4 is 28.4 Å². The van der Waals surface area contributed by atoms with Gasteiger partial charge in [0.05, 0.1) is 43.3 Å². The number of benzene rings is 2. The van der Waals surface area contributed by atoms with Crippen molar-refractivity contribution in [2.24, 2.45) is 5.92 Å². The fraction of sp³-hybridized carbons (Fsp3) is 0.379. The van der Waals surface area contributed by atoms with Crippen molar-refractivity contribution in [1.29, 1.82) is 0 Å². The molecule has 9 nitrogen and oxygen atoms in total. The second-order valence-corrected chi connectivity index (χ2v) is 9.75. The lowest BCUT2D eigenvalue weighted by Crippen LogP contribution is -2.20. The lowest BCUT2D eigenvalue weighted by molar-refractivity contribution is -0.137. The number of unbranched alkanes of at least 4 members (excludes halogenated alkanes) is 2. The summed E-state index contributed by atoms with van der Waals surface area (Å²) in [5.41, 5.74) is 5.38. The predicted octanol–water partition coefficient (Wildman–Crippen LogP) is 5.70. The molecule has 0 bridgehead atoms. The molecular formula is C29H33N5O4. The molecule has 2 aromatic carbocycles. The topological polar surface area (TPSA) is 103 Å². The van der Waals surface area contributed by atoms with E-state index in [2.05, 4.69) is 27.1 Å². The van der Waals surface area contributed by atoms with E-state index in [0.717, 1.165) is 71.1 Å². The van der Waals surface area contributed by atoms with Crippen molar-refractivity contribution in [2.45, 2.75) is 45.1 Å². The van der Waals surface area contributed by atoms with Crippen molar-refractivity contribution in [3.8, 4) is 22.8 Å². The Morgan fingerprint density at radius 2 is 1.79 bits per heavy atom. The Hall–Kier alpha value is -4.14. The van der Waals surface area contributed by atoms with Gasteiger partial charge in [-0.15, -0.1) is 0 Å². The van der Waals surface area contributed by atoms with Gasteiger partial charge in [-0.3, -0.25) is 14.5 Å². The Morgan fingerprint density at radius 3 is 2.50 bits per heavy atom. The van der Waals surface area contributed by atoms with Gasteiger partial charge < -0.3 is 19.5 Å². The van der Waals surface area contributed by atoms with Crippen LogP contribution in [0.4, 0.5) is 11.4 Å². The number of rotatable bonds is 13. The number of methoxy groups -OCH3 is 2. The monoisotopic (exact) mass is 515 g/mol. The maximum atomic E-state index is 10.7. The summed E-state index contributed by atoms with van der Waals surface area (Å²) in [7, 11) is 3.33. The number of anilines is 2. The molecule has 0 aliphatic heterocycles. The third kappa shape index (κ3) is 6.22. The Bertz CT molecular complexity index is 1390. The average Bonchev–Trinajstić information content (AvgIpc) is 3.64. The third-order valence-corrected chi connectivity index (χ3v) is 6.83. The maximum Gasteiger partial charge on any atom is 0.303 e. The van der Waals surface area contributed by atoms with Crippen LogP contribution in [0.15, 0.2) is 55.0 Å². The van der Waals surface area contributed by atoms with E-state index in [1.807, 2.05) is 35.1 Å². The molecular weight excluding hydrogens is 482 g/mol. The van der Waals surface area contributed by atoms with Crippen molar-refractivity contribution < 1.29 is 19.4 Å². The number of nitrogens with zero attached hydrogens (tertiary/aromatic N) is 5. The highest BCUT2D eigenvalue weighted by Crippen LogP contribution is 2.38. The van der Waals surface area contributed by atoms with Gasteiger partial charge in [-0.05, 0) is 49.8 Å². The van der Waals surface area contributed by atoms with E-state index in [1.165, 1.54) is 12.8 Å². The van der Waals surface area contributed by atoms with Crippen molar-refractivity contribution in [2.75, 3.05) is 25.7 Å². The molecule has 1 saturated carbocycles. The molecule has 1 aliphatic rings. The number of hydrogen-bond acceptors (Lipinski definition) is 7. The summed E-state index contributed by atoms with van der Waals surface area (Å²) in [6, 6.07) is 12.1. The van der Waals surface area contributed by atoms with Gasteiger partial charge in [0, 0.05) is 60.8 Å². The normalized spacial score (nSPS) is 13.0. The molecule has 5 rings (SSSR count). The molecule has 1 N–H and O–H groups in total. The number of carboxylic acid groups (broad SMARTS) is 1. The van der Waals surface area contributed by atoms with Gasteiger partial charge in [0.15, 0.2) is 0 Å². The van der Waals surface area contributed by atoms with Crippen LogP contribution in [0, 0.1) is 5.92 Å². The quantitative estimate of drug-likeness (QED) is 0.226. The Labute approximate surface area is 222 Å². The molecule has 38 heavy (non-hydrogen) atoms. The summed E-state index contributed by atoms with van der Waals surface area (Å²) >= 11 is 0. The van der Waals surface area contributed by atoms with E-state index in [-0.39, 0.29) is 6.42 Å². The number of aromatic nitrogens is 4. The van der Waals surface area contributed by atoms with E-state index in [4.69, 9.17) is 19.6 Å². The molecule has 0 amide bonds. The van der Waals surface area contributed by atoms with Gasteiger partial charge in [0.1, 0.15) is 11.5 Å². The SMILES string of the molecule is COc1cc(OC)cc(N(CC2CC2)c2ccc3ncc(-c4cnn(CCCCCC(=O)O)c4)nc3c2)c1. The van der Waals surface area contributed by atoms with Crippen molar-refractivity contribution in [1.82, 2.24) is 19.7 Å². The van der Waals surface area contributed by atoms with Crippen molar-refractivity contribution in [3.05, 3.63) is 55.0 Å². The van der Waals surface area contributed by atoms with Gasteiger partial charge in [-0.1, -0.05) is 6.42 Å². The van der Waals surface area contributed by atoms with Crippen LogP contribution >= 0.6 is 0 Å². The van der Waals surface area contributed by atoms with E-state index in [1.54, 1.807) is 26.6 Å². The van der Waals surface area contributed by atoms with Gasteiger partial charge in [0.2, 0.25) is 0 Å². The Balaban J connectivity index is 1.38. The first-order chi connectivity index (χ1) is 18.5. The second kappa shape index (κ2) is 11.5. The first-order valence-electron chi connectivity index (χ1n) is 13.0. The minimum absolute atomic E-state index is 0.211. The number of carbonyl (C=O) groups is 1. The molecule has 9 heteroatoms. The molecule has 0 unspecified atom stereocenters. The summed E-state index contributed by atoms with van der Waals surface area (Å²) in [4.78, 5) is 22.6. The molecule has 0 atom stereocenters. The first-order valence-corrected chi connectivity index (χ1v) is 13.0. The zero-order valence-electron chi connectivity index (χ0n) is 21.8. The number of aryl methyl sites for hydroxylation is 1. The molecule has 1 fully saturated rings. The van der Waals surface area contributed by atoms with Gasteiger partial charge >= 0.3 is 5.97 Å². The minimum Gasteiger partial charge on any atom is -0.497 e. The molecule has 198 valence electrons. The van der Waals surface area contributed by atoms with Crippen LogP contribution < -0.4 is 14.4 Å². The summed E-state index contributed by atoms with van der Waals surface area (Å²) in [5, 5.41) is 13.2. The zero-order valence-corrected chi connectivity index (χ0v) is 21.8. The van der Waals surface area contributed by atoms with Crippen LogP contribution in [0.25, 0.3) is 22.3 Å². The molecule has 0 spiro atoms. The van der Waals surface area contributed by atoms with E-state index < -0.39 is 5.97 Å². The number of carboxylic acids is 1. The smallest absolute Gasteiger partial charge is 0.303 e. The average molecular weight is 516 g/mol. The highest BCUT2D eigenvalue weighted by molar-refractivity contribution is 5.82. The minimum atomic E-state index is -0.747. The molecule has 2 aromatic heterocycles. The first kappa shape index (κ1) is 25.5. The van der Waals surface area contributed by atoms with Crippen LogP contribution in [0.1, 0.15) is 38.5 Å². The van der Waals surface area contributed by atoms with Crippen LogP contribution in [0.2, 0.25) is 0 Å². The Kier molecular flexibility index (Phi) is 7.72. The Morgan fingerprint density at radius 1 is 1.00 bits per heavy atom. The lowest BCUT2D eigenvalue weighted by Gasteiger charge is -2.26. The van der Waals surface area contributed by atoms with Crippen LogP contribution in [-0.2, 0) is 11.3 Å². The fourth-order valence-corrected chi connectivity index (χ4v) is 4.52. The number of hydrogen-bond donors (Lipinski definition) is 1. The highest BCUT2D eigenvalue weighted by Gasteiger charge is 2.26. The van der Waals surface area contributed by atoms with Gasteiger partial charge in [-0.25, -0.2) is 4.98 Å². The van der Waals surface area contributed by atoms with E-state index in [9.17, 15) is 4.79 Å². The molecule has 2 heterocycles.